The maximum Gasteiger partial charge on any atom is 0.363 e. The zero-order chi connectivity index (χ0) is 18.0. The van der Waals surface area contributed by atoms with Crippen molar-refractivity contribution in [1.29, 1.82) is 0 Å². The molecule has 9 heteroatoms. The smallest absolute Gasteiger partial charge is 0.363 e. The van der Waals surface area contributed by atoms with Crippen molar-refractivity contribution in [2.45, 2.75) is 0 Å². The van der Waals surface area contributed by atoms with Crippen LogP contribution in [0.4, 0.5) is 11.4 Å². The molecule has 3 rings (SSSR count). The minimum absolute atomic E-state index is 0.0298. The molecule has 0 fully saturated rings. The van der Waals surface area contributed by atoms with Crippen molar-refractivity contribution in [3.63, 3.8) is 0 Å². The summed E-state index contributed by atoms with van der Waals surface area (Å²) >= 11 is 0. The summed E-state index contributed by atoms with van der Waals surface area (Å²) in [7, 11) is 0. The highest BCUT2D eigenvalue weighted by atomic mass is 16.6. The van der Waals surface area contributed by atoms with Gasteiger partial charge in [-0.1, -0.05) is 0 Å². The molecule has 0 bridgehead atoms. The van der Waals surface area contributed by atoms with Gasteiger partial charge in [-0.05, 0) is 35.9 Å². The predicted octanol–water partition coefficient (Wildman–Crippen LogP) is 2.85. The average Bonchev–Trinajstić information content (AvgIpc) is 2.96. The molecule has 2 aromatic carbocycles. The summed E-state index contributed by atoms with van der Waals surface area (Å²) in [4.78, 5) is 36.2. The topological polar surface area (TPSA) is 125 Å². The second-order valence-electron chi connectivity index (χ2n) is 4.99. The monoisotopic (exact) mass is 339 g/mol. The van der Waals surface area contributed by atoms with Crippen LogP contribution in [0.2, 0.25) is 0 Å². The fourth-order valence-electron chi connectivity index (χ4n) is 2.11. The second-order valence-corrected chi connectivity index (χ2v) is 4.99. The number of nitrogens with zero attached hydrogens (tertiary/aromatic N) is 3. The lowest BCUT2D eigenvalue weighted by Crippen LogP contribution is -2.05. The largest absolute Gasteiger partial charge is 0.402 e. The Morgan fingerprint density at radius 2 is 1.40 bits per heavy atom. The molecule has 25 heavy (non-hydrogen) atoms. The van der Waals surface area contributed by atoms with E-state index in [1.165, 1.54) is 54.6 Å². The Morgan fingerprint density at radius 1 is 0.880 bits per heavy atom. The van der Waals surface area contributed by atoms with Gasteiger partial charge in [-0.15, -0.1) is 0 Å². The highest BCUT2D eigenvalue weighted by molar-refractivity contribution is 6.12. The maximum absolute atomic E-state index is 11.9. The van der Waals surface area contributed by atoms with Crippen LogP contribution < -0.4 is 0 Å². The molecule has 0 N–H and O–H groups in total. The number of carbonyl (C=O) groups is 1. The Bertz CT molecular complexity index is 929. The molecule has 9 nitrogen and oxygen atoms in total. The van der Waals surface area contributed by atoms with E-state index in [9.17, 15) is 25.0 Å². The van der Waals surface area contributed by atoms with Gasteiger partial charge in [0.15, 0.2) is 5.70 Å². The lowest BCUT2D eigenvalue weighted by atomic mass is 10.2. The normalized spacial score (nSPS) is 15.0. The number of cyclic esters (lactones) is 1. The fraction of sp³-hybridized carbons (Fsp3) is 0. The molecule has 1 aliphatic rings. The Balaban J connectivity index is 1.86. The average molecular weight is 339 g/mol. The van der Waals surface area contributed by atoms with Crippen LogP contribution in [0.1, 0.15) is 11.1 Å². The number of hydrogen-bond acceptors (Lipinski definition) is 7. The molecule has 0 saturated carbocycles. The minimum Gasteiger partial charge on any atom is -0.402 e. The number of nitro groups is 2. The molecule has 0 atom stereocenters. The Hall–Kier alpha value is -3.88. The van der Waals surface area contributed by atoms with Gasteiger partial charge in [-0.3, -0.25) is 20.2 Å². The van der Waals surface area contributed by atoms with Gasteiger partial charge in [0.1, 0.15) is 0 Å². The third-order valence-electron chi connectivity index (χ3n) is 3.35. The zero-order valence-electron chi connectivity index (χ0n) is 12.5. The molecular formula is C16H9N3O6. The summed E-state index contributed by atoms with van der Waals surface area (Å²) in [6, 6.07) is 11.0. The van der Waals surface area contributed by atoms with E-state index < -0.39 is 15.8 Å². The van der Waals surface area contributed by atoms with Gasteiger partial charge in [-0.2, -0.15) is 0 Å². The summed E-state index contributed by atoms with van der Waals surface area (Å²) < 4.78 is 5.06. The quantitative estimate of drug-likeness (QED) is 0.365. The molecule has 0 amide bonds. The summed E-state index contributed by atoms with van der Waals surface area (Å²) in [5, 5.41) is 21.3. The number of rotatable bonds is 4. The van der Waals surface area contributed by atoms with Crippen molar-refractivity contribution in [3.8, 4) is 0 Å². The standard InChI is InChI=1S/C16H9N3O6/c20-16-14(9-10-1-5-12(6-2-10)18(21)22)17-15(25-16)11-3-7-13(8-4-11)19(23)24/h1-9H/b14-9+. The summed E-state index contributed by atoms with van der Waals surface area (Å²) in [6.45, 7) is 0. The number of carbonyl (C=O) groups excluding carboxylic acids is 1. The van der Waals surface area contributed by atoms with Gasteiger partial charge < -0.3 is 4.74 Å². The highest BCUT2D eigenvalue weighted by Crippen LogP contribution is 2.21. The van der Waals surface area contributed by atoms with Gasteiger partial charge in [0, 0.05) is 29.8 Å². The first-order valence-electron chi connectivity index (χ1n) is 6.96. The van der Waals surface area contributed by atoms with Crippen molar-refractivity contribution < 1.29 is 19.4 Å². The van der Waals surface area contributed by atoms with Gasteiger partial charge in [0.05, 0.1) is 9.85 Å². The summed E-state index contributed by atoms with van der Waals surface area (Å²) in [5.41, 5.74) is 0.848. The van der Waals surface area contributed by atoms with Gasteiger partial charge in [0.2, 0.25) is 5.90 Å². The van der Waals surface area contributed by atoms with Gasteiger partial charge in [0.25, 0.3) is 11.4 Å². The van der Waals surface area contributed by atoms with E-state index in [-0.39, 0.29) is 23.0 Å². The van der Waals surface area contributed by atoms with E-state index in [2.05, 4.69) is 4.99 Å². The first-order valence-corrected chi connectivity index (χ1v) is 6.96. The van der Waals surface area contributed by atoms with Crippen molar-refractivity contribution in [2.75, 3.05) is 0 Å². The van der Waals surface area contributed by atoms with Crippen molar-refractivity contribution >= 4 is 29.3 Å². The van der Waals surface area contributed by atoms with Gasteiger partial charge in [-0.25, -0.2) is 9.79 Å². The molecular weight excluding hydrogens is 330 g/mol. The zero-order valence-corrected chi connectivity index (χ0v) is 12.5. The number of hydrogen-bond donors (Lipinski definition) is 0. The first-order chi connectivity index (χ1) is 11.9. The SMILES string of the molecule is O=C1OC(c2ccc([N+](=O)[O-])cc2)=N/C1=C/c1ccc([N+](=O)[O-])cc1. The molecule has 0 unspecified atom stereocenters. The van der Waals surface area contributed by atoms with Gasteiger partial charge >= 0.3 is 5.97 Å². The minimum atomic E-state index is -0.674. The van der Waals surface area contributed by atoms with Crippen molar-refractivity contribution in [1.82, 2.24) is 0 Å². The Kier molecular flexibility index (Phi) is 4.04. The van der Waals surface area contributed by atoms with E-state index in [0.717, 1.165) is 0 Å². The highest BCUT2D eigenvalue weighted by Gasteiger charge is 2.24. The molecule has 0 spiro atoms. The second kappa shape index (κ2) is 6.32. The van der Waals surface area contributed by atoms with Crippen molar-refractivity contribution in [2.24, 2.45) is 4.99 Å². The summed E-state index contributed by atoms with van der Waals surface area (Å²) in [6.07, 6.45) is 1.43. The van der Waals surface area contributed by atoms with Crippen LogP contribution in [-0.2, 0) is 9.53 Å². The third kappa shape index (κ3) is 3.39. The van der Waals surface area contributed by atoms with Crippen LogP contribution >= 0.6 is 0 Å². The first kappa shape index (κ1) is 16.0. The molecule has 0 aromatic heterocycles. The number of nitro benzene ring substituents is 2. The van der Waals surface area contributed by atoms with Crippen LogP contribution in [0.15, 0.2) is 59.2 Å². The number of esters is 1. The molecule has 124 valence electrons. The van der Waals surface area contributed by atoms with E-state index in [1.807, 2.05) is 0 Å². The van der Waals surface area contributed by atoms with Crippen molar-refractivity contribution in [3.05, 3.63) is 85.6 Å². The number of benzene rings is 2. The number of ether oxygens (including phenoxy) is 1. The number of aliphatic imine (C=N–C) groups is 1. The van der Waals surface area contributed by atoms with Crippen LogP contribution in [0.25, 0.3) is 6.08 Å². The number of non-ortho nitro benzene ring substituents is 2. The molecule has 0 aliphatic carbocycles. The Morgan fingerprint density at radius 3 is 1.92 bits per heavy atom. The molecule has 0 saturated heterocycles. The Labute approximate surface area is 140 Å². The molecule has 1 aliphatic heterocycles. The van der Waals surface area contributed by atoms with E-state index in [1.54, 1.807) is 0 Å². The molecule has 2 aromatic rings. The third-order valence-corrected chi connectivity index (χ3v) is 3.35. The maximum atomic E-state index is 11.9. The lowest BCUT2D eigenvalue weighted by molar-refractivity contribution is -0.385. The predicted molar refractivity (Wildman–Crippen MR) is 86.8 cm³/mol. The van der Waals surface area contributed by atoms with E-state index in [0.29, 0.717) is 11.1 Å². The van der Waals surface area contributed by atoms with Crippen LogP contribution in [0.3, 0.4) is 0 Å². The molecule has 0 radical (unpaired) electrons. The van der Waals surface area contributed by atoms with Crippen LogP contribution in [-0.4, -0.2) is 21.7 Å². The summed E-state index contributed by atoms with van der Waals surface area (Å²) in [5.74, 6) is -0.639. The van der Waals surface area contributed by atoms with Crippen LogP contribution in [0.5, 0.6) is 0 Å². The fourth-order valence-corrected chi connectivity index (χ4v) is 2.11. The van der Waals surface area contributed by atoms with E-state index in [4.69, 9.17) is 4.74 Å². The lowest BCUT2D eigenvalue weighted by Gasteiger charge is -1.98. The molecule has 1 heterocycles. The van der Waals surface area contributed by atoms with E-state index >= 15 is 0 Å². The van der Waals surface area contributed by atoms with Crippen LogP contribution in [0, 0.1) is 20.2 Å².